The molecular weight excluding hydrogens is 374 g/mol. The average molecular weight is 402 g/mol. The molecule has 1 heterocycles. The number of piperazine rings is 1. The fourth-order valence-electron chi connectivity index (χ4n) is 2.88. The zero-order valence-corrected chi connectivity index (χ0v) is 17.6. The number of nitrogens with zero attached hydrogens (tertiary/aromatic N) is 2. The molecule has 5 nitrogen and oxygen atoms in total. The van der Waals surface area contributed by atoms with Crippen molar-refractivity contribution in [3.8, 4) is 0 Å². The van der Waals surface area contributed by atoms with Crippen LogP contribution in [0.15, 0.2) is 23.1 Å². The predicted molar refractivity (Wildman–Crippen MR) is 110 cm³/mol. The first-order valence-electron chi connectivity index (χ1n) is 8.45. The number of hydrogen-bond acceptors (Lipinski definition) is 4. The lowest BCUT2D eigenvalue weighted by Gasteiger charge is -2.35. The van der Waals surface area contributed by atoms with Crippen molar-refractivity contribution in [2.24, 2.45) is 0 Å². The Kier molecular flexibility index (Phi) is 7.54. The smallest absolute Gasteiger partial charge is 0.243 e. The van der Waals surface area contributed by atoms with E-state index in [0.29, 0.717) is 31.1 Å². The summed E-state index contributed by atoms with van der Waals surface area (Å²) >= 11 is 7.25. The summed E-state index contributed by atoms with van der Waals surface area (Å²) in [6.07, 6.45) is 3.16. The van der Waals surface area contributed by atoms with Crippen molar-refractivity contribution in [3.63, 3.8) is 0 Å². The van der Waals surface area contributed by atoms with Gasteiger partial charge in [-0.3, -0.25) is 0 Å². The topological polar surface area (TPSA) is 52.6 Å². The van der Waals surface area contributed by atoms with E-state index in [0.717, 1.165) is 35.0 Å². The zero-order chi connectivity index (χ0) is 18.4. The fraction of sp³-hybridized carbons (Fsp3) is 0.588. The van der Waals surface area contributed by atoms with Crippen molar-refractivity contribution in [1.29, 1.82) is 0 Å². The van der Waals surface area contributed by atoms with Crippen LogP contribution in [0.1, 0.15) is 17.5 Å². The zero-order valence-electron chi connectivity index (χ0n) is 15.1. The molecule has 1 aliphatic rings. The third-order valence-corrected chi connectivity index (χ3v) is 7.43. The van der Waals surface area contributed by atoms with Crippen molar-refractivity contribution in [1.82, 2.24) is 14.5 Å². The number of sulfonamides is 1. The van der Waals surface area contributed by atoms with Gasteiger partial charge in [-0.2, -0.15) is 16.1 Å². The summed E-state index contributed by atoms with van der Waals surface area (Å²) in [5.41, 5.74) is 1.87. The van der Waals surface area contributed by atoms with Crippen LogP contribution in [0.3, 0.4) is 0 Å². The highest BCUT2D eigenvalue weighted by Crippen LogP contribution is 2.22. The molecule has 1 aromatic rings. The molecule has 1 aliphatic heterocycles. The van der Waals surface area contributed by atoms with Crippen LogP contribution >= 0.6 is 24.0 Å². The van der Waals surface area contributed by atoms with Crippen LogP contribution in [-0.2, 0) is 10.0 Å². The van der Waals surface area contributed by atoms with Crippen LogP contribution in [0, 0.1) is 13.8 Å². The fourth-order valence-corrected chi connectivity index (χ4v) is 5.23. The predicted octanol–water partition coefficient (Wildman–Crippen LogP) is 2.24. The van der Waals surface area contributed by atoms with Gasteiger partial charge in [0.25, 0.3) is 0 Å². The van der Waals surface area contributed by atoms with Gasteiger partial charge in [-0.1, -0.05) is 17.7 Å². The van der Waals surface area contributed by atoms with Gasteiger partial charge in [0.1, 0.15) is 0 Å². The van der Waals surface area contributed by atoms with Crippen molar-refractivity contribution in [2.75, 3.05) is 44.7 Å². The lowest BCUT2D eigenvalue weighted by Crippen LogP contribution is -2.53. The Labute approximate surface area is 161 Å². The molecule has 0 radical (unpaired) electrons. The van der Waals surface area contributed by atoms with Gasteiger partial charge < -0.3 is 10.2 Å². The molecule has 0 unspecified atom stereocenters. The SMILES string of the molecule is CSCCCNC(=S)N1CCN(S(=O)(=O)c2ccc(C)cc2C)CC1. The van der Waals surface area contributed by atoms with Crippen LogP contribution in [0.4, 0.5) is 0 Å². The van der Waals surface area contributed by atoms with Crippen molar-refractivity contribution < 1.29 is 8.42 Å². The highest BCUT2D eigenvalue weighted by molar-refractivity contribution is 7.98. The average Bonchev–Trinajstić information content (AvgIpc) is 2.58. The van der Waals surface area contributed by atoms with Crippen LogP contribution in [-0.4, -0.2) is 67.5 Å². The van der Waals surface area contributed by atoms with Crippen LogP contribution < -0.4 is 5.32 Å². The summed E-state index contributed by atoms with van der Waals surface area (Å²) in [5.74, 6) is 1.11. The van der Waals surface area contributed by atoms with E-state index in [1.807, 2.05) is 37.7 Å². The number of hydrogen-bond donors (Lipinski definition) is 1. The molecule has 0 aliphatic carbocycles. The third-order valence-electron chi connectivity index (χ3n) is 4.28. The molecule has 0 saturated carbocycles. The van der Waals surface area contributed by atoms with Crippen molar-refractivity contribution >= 4 is 39.1 Å². The van der Waals surface area contributed by atoms with E-state index in [9.17, 15) is 8.42 Å². The molecule has 1 aromatic carbocycles. The van der Waals surface area contributed by atoms with Gasteiger partial charge in [-0.25, -0.2) is 8.42 Å². The van der Waals surface area contributed by atoms with Crippen molar-refractivity contribution in [2.45, 2.75) is 25.2 Å². The van der Waals surface area contributed by atoms with Gasteiger partial charge in [0.05, 0.1) is 4.90 Å². The third kappa shape index (κ3) is 5.32. The first kappa shape index (κ1) is 20.5. The number of nitrogens with one attached hydrogen (secondary N) is 1. The van der Waals surface area contributed by atoms with Gasteiger partial charge in [0.2, 0.25) is 10.0 Å². The number of benzene rings is 1. The van der Waals surface area contributed by atoms with E-state index in [-0.39, 0.29) is 0 Å². The molecule has 0 aromatic heterocycles. The van der Waals surface area contributed by atoms with Gasteiger partial charge in [-0.15, -0.1) is 0 Å². The second-order valence-electron chi connectivity index (χ2n) is 6.24. The van der Waals surface area contributed by atoms with E-state index in [4.69, 9.17) is 12.2 Å². The second-order valence-corrected chi connectivity index (χ2v) is 9.52. The highest BCUT2D eigenvalue weighted by atomic mass is 32.2. The first-order chi connectivity index (χ1) is 11.9. The molecule has 0 amide bonds. The minimum absolute atomic E-state index is 0.407. The van der Waals surface area contributed by atoms with Gasteiger partial charge in [0.15, 0.2) is 5.11 Å². The van der Waals surface area contributed by atoms with E-state index in [2.05, 4.69) is 16.5 Å². The van der Waals surface area contributed by atoms with Crippen LogP contribution in [0.2, 0.25) is 0 Å². The quantitative estimate of drug-likeness (QED) is 0.583. The molecule has 1 fully saturated rings. The molecule has 140 valence electrons. The second kappa shape index (κ2) is 9.21. The van der Waals surface area contributed by atoms with Crippen molar-refractivity contribution in [3.05, 3.63) is 29.3 Å². The molecule has 1 saturated heterocycles. The van der Waals surface area contributed by atoms with Gasteiger partial charge in [-0.05, 0) is 56.1 Å². The molecular formula is C17H27N3O2S3. The van der Waals surface area contributed by atoms with E-state index in [1.165, 1.54) is 0 Å². The number of thioether (sulfide) groups is 1. The molecule has 0 spiro atoms. The summed E-state index contributed by atoms with van der Waals surface area (Å²) in [7, 11) is -3.44. The summed E-state index contributed by atoms with van der Waals surface area (Å²) in [4.78, 5) is 2.46. The number of rotatable bonds is 6. The standard InChI is InChI=1S/C17H27N3O2S3/c1-14-5-6-16(15(2)13-14)25(21,22)20-10-8-19(9-11-20)17(23)18-7-4-12-24-3/h5-6,13H,4,7-12H2,1-3H3,(H,18,23). The Hall–Kier alpha value is -0.830. The Morgan fingerprint density at radius 3 is 2.52 bits per heavy atom. The molecule has 25 heavy (non-hydrogen) atoms. The maximum Gasteiger partial charge on any atom is 0.243 e. The summed E-state index contributed by atoms with van der Waals surface area (Å²) in [6, 6.07) is 5.48. The summed E-state index contributed by atoms with van der Waals surface area (Å²) in [6.45, 7) is 6.85. The Morgan fingerprint density at radius 1 is 1.24 bits per heavy atom. The lowest BCUT2D eigenvalue weighted by molar-refractivity contribution is 0.264. The first-order valence-corrected chi connectivity index (χ1v) is 11.7. The van der Waals surface area contributed by atoms with Gasteiger partial charge in [0, 0.05) is 32.7 Å². The molecule has 0 atom stereocenters. The van der Waals surface area contributed by atoms with E-state index < -0.39 is 10.0 Å². The highest BCUT2D eigenvalue weighted by Gasteiger charge is 2.30. The molecule has 1 N–H and O–H groups in total. The molecule has 0 bridgehead atoms. The van der Waals surface area contributed by atoms with E-state index >= 15 is 0 Å². The number of aryl methyl sites for hydroxylation is 2. The monoisotopic (exact) mass is 401 g/mol. The minimum Gasteiger partial charge on any atom is -0.363 e. The Balaban J connectivity index is 1.93. The lowest BCUT2D eigenvalue weighted by atomic mass is 10.2. The maximum absolute atomic E-state index is 12.9. The normalized spacial score (nSPS) is 16.0. The molecule has 8 heteroatoms. The molecule has 2 rings (SSSR count). The van der Waals surface area contributed by atoms with E-state index in [1.54, 1.807) is 10.4 Å². The Bertz CT molecular complexity index is 699. The van der Waals surface area contributed by atoms with Gasteiger partial charge >= 0.3 is 0 Å². The Morgan fingerprint density at radius 2 is 1.92 bits per heavy atom. The minimum atomic E-state index is -3.44. The number of thiocarbonyl (C=S) groups is 1. The largest absolute Gasteiger partial charge is 0.363 e. The summed E-state index contributed by atoms with van der Waals surface area (Å²) in [5, 5.41) is 3.99. The summed E-state index contributed by atoms with van der Waals surface area (Å²) < 4.78 is 27.4. The van der Waals surface area contributed by atoms with Crippen LogP contribution in [0.5, 0.6) is 0 Å². The van der Waals surface area contributed by atoms with Crippen LogP contribution in [0.25, 0.3) is 0 Å². The maximum atomic E-state index is 12.9.